The number of para-hydroxylation sites is 1. The van der Waals surface area contributed by atoms with Crippen molar-refractivity contribution in [1.29, 1.82) is 0 Å². The van der Waals surface area contributed by atoms with Gasteiger partial charge in [-0.15, -0.1) is 0 Å². The Labute approximate surface area is 517 Å². The maximum Gasteiger partial charge on any atom is 0.407 e. The molecule has 23 nitrogen and oxygen atoms in total. The number of Topliss-reactive ketones (excluding diaryl/α,β-unsaturated/α-hetero) is 1. The lowest BCUT2D eigenvalue weighted by Gasteiger charge is -2.29. The predicted octanol–water partition coefficient (Wildman–Crippen LogP) is 2.49. The van der Waals surface area contributed by atoms with Crippen LogP contribution in [-0.2, 0) is 62.4 Å². The molecule has 27 heteroatoms. The Morgan fingerprint density at radius 1 is 0.756 bits per heavy atom. The molecule has 1 aliphatic heterocycles. The van der Waals surface area contributed by atoms with E-state index in [-0.39, 0.29) is 60.9 Å². The summed E-state index contributed by atoms with van der Waals surface area (Å²) in [6, 6.07) is 13.5. The number of nitrogens with one attached hydrogen (secondary N) is 9. The number of unbranched alkanes of at least 4 members (excludes halogenated alkanes) is 1. The van der Waals surface area contributed by atoms with Gasteiger partial charge in [0.1, 0.15) is 54.7 Å². The Morgan fingerprint density at radius 2 is 1.37 bits per heavy atom. The molecule has 0 spiro atoms. The Hall–Kier alpha value is -6.33. The van der Waals surface area contributed by atoms with Crippen LogP contribution in [0, 0.1) is 0 Å². The number of rotatable bonds is 26. The van der Waals surface area contributed by atoms with Crippen molar-refractivity contribution < 1.29 is 63.2 Å². The molecule has 14 N–H and O–H groups in total. The molecule has 4 aromatic rings. The van der Waals surface area contributed by atoms with Gasteiger partial charge in [-0.1, -0.05) is 122 Å². The molecular formula is C59H82N10O13S4. The van der Waals surface area contributed by atoms with Gasteiger partial charge in [0, 0.05) is 64.8 Å². The lowest BCUT2D eigenvalue weighted by atomic mass is 10.0. The fourth-order valence-corrected chi connectivity index (χ4v) is 13.6. The van der Waals surface area contributed by atoms with E-state index in [1.54, 1.807) is 84.6 Å². The Kier molecular flexibility index (Phi) is 29.6. The minimum atomic E-state index is -1.71. The van der Waals surface area contributed by atoms with Gasteiger partial charge in [-0.3, -0.25) is 33.6 Å². The Bertz CT molecular complexity index is 2870. The lowest BCUT2D eigenvalue weighted by molar-refractivity contribution is -0.136. The van der Waals surface area contributed by atoms with Crippen molar-refractivity contribution in [2.45, 2.75) is 151 Å². The van der Waals surface area contributed by atoms with Crippen molar-refractivity contribution >= 4 is 107 Å². The van der Waals surface area contributed by atoms with Crippen molar-refractivity contribution in [3.8, 4) is 0 Å². The zero-order valence-corrected chi connectivity index (χ0v) is 52.2. The van der Waals surface area contributed by atoms with Crippen LogP contribution in [0.5, 0.6) is 0 Å². The zero-order valence-electron chi connectivity index (χ0n) is 49.0. The topological polar surface area (TPSA) is 362 Å². The van der Waals surface area contributed by atoms with Crippen LogP contribution < -0.4 is 48.3 Å². The van der Waals surface area contributed by atoms with Gasteiger partial charge < -0.3 is 78.1 Å². The summed E-state index contributed by atoms with van der Waals surface area (Å²) in [6.45, 7) is 7.69. The quantitative estimate of drug-likeness (QED) is 0.0317. The second-order valence-corrected chi connectivity index (χ2v) is 27.2. The molecule has 10 atom stereocenters. The lowest BCUT2D eigenvalue weighted by Crippen LogP contribution is -2.62. The average molecular weight is 1270 g/mol. The molecule has 1 aromatic heterocycles. The Morgan fingerprint density at radius 3 is 2.02 bits per heavy atom. The molecule has 5 rings (SSSR count). The van der Waals surface area contributed by atoms with Gasteiger partial charge in [0.2, 0.25) is 41.4 Å². The summed E-state index contributed by atoms with van der Waals surface area (Å²) in [6.07, 6.45) is -0.460. The molecule has 1 unspecified atom stereocenters. The third-order valence-electron chi connectivity index (χ3n) is 13.9. The van der Waals surface area contributed by atoms with Crippen LogP contribution in [0.15, 0.2) is 91.1 Å². The number of aliphatic hydroxyl groups is 3. The van der Waals surface area contributed by atoms with Crippen molar-refractivity contribution in [3.05, 3.63) is 108 Å². The summed E-state index contributed by atoms with van der Waals surface area (Å²) >= 11 is 0. The van der Waals surface area contributed by atoms with E-state index in [9.17, 15) is 48.9 Å². The third-order valence-corrected chi connectivity index (χ3v) is 19.6. The monoisotopic (exact) mass is 1270 g/mol. The normalized spacial score (nSPS) is 21.0. The molecule has 0 radical (unpaired) electrons. The molecule has 2 heterocycles. The van der Waals surface area contributed by atoms with Crippen LogP contribution in [0.2, 0.25) is 0 Å². The Balaban J connectivity index is 1.55. The molecule has 0 saturated carbocycles. The number of carbonyl (C=O) groups excluding carboxylic acids is 9. The van der Waals surface area contributed by atoms with Gasteiger partial charge in [0.05, 0.1) is 24.9 Å². The molecule has 1 fully saturated rings. The molecular weight excluding hydrogens is 1180 g/mol. The summed E-state index contributed by atoms with van der Waals surface area (Å²) in [5.74, 6) is -6.13. The highest BCUT2D eigenvalue weighted by molar-refractivity contribution is 8.77. The van der Waals surface area contributed by atoms with Crippen molar-refractivity contribution in [2.24, 2.45) is 5.73 Å². The van der Waals surface area contributed by atoms with Crippen LogP contribution in [0.1, 0.15) is 83.4 Å². The number of ether oxygens (including phenoxy) is 1. The number of nitrogens with two attached hydrogens (primary N) is 1. The molecule has 0 aliphatic carbocycles. The number of aliphatic hydroxyl groups excluding tert-OH is 3. The van der Waals surface area contributed by atoms with Crippen LogP contribution >= 0.6 is 43.2 Å². The molecule has 470 valence electrons. The van der Waals surface area contributed by atoms with E-state index >= 15 is 9.59 Å². The summed E-state index contributed by atoms with van der Waals surface area (Å²) in [5.41, 5.74) is 8.44. The number of aromatic nitrogens is 1. The minimum Gasteiger partial charge on any atom is -0.449 e. The number of amides is 8. The minimum absolute atomic E-state index is 0.00195. The van der Waals surface area contributed by atoms with Crippen LogP contribution in [0.4, 0.5) is 4.79 Å². The van der Waals surface area contributed by atoms with Crippen molar-refractivity contribution in [1.82, 2.24) is 47.5 Å². The number of carbonyl (C=O) groups is 9. The fraction of sp³-hybridized carbons (Fsp3) is 0.508. The average Bonchev–Trinajstić information content (AvgIpc) is 3.15. The van der Waals surface area contributed by atoms with Crippen molar-refractivity contribution in [2.75, 3.05) is 37.0 Å². The fourth-order valence-electron chi connectivity index (χ4n) is 8.89. The van der Waals surface area contributed by atoms with E-state index in [2.05, 4.69) is 47.5 Å². The highest BCUT2D eigenvalue weighted by Crippen LogP contribution is 2.38. The van der Waals surface area contributed by atoms with Gasteiger partial charge in [-0.25, -0.2) is 4.79 Å². The highest BCUT2D eigenvalue weighted by atomic mass is 33.1. The maximum absolute atomic E-state index is 15.0. The van der Waals surface area contributed by atoms with Gasteiger partial charge >= 0.3 is 6.09 Å². The predicted molar refractivity (Wildman–Crippen MR) is 336 cm³/mol. The van der Waals surface area contributed by atoms with Crippen LogP contribution in [0.25, 0.3) is 10.9 Å². The van der Waals surface area contributed by atoms with Gasteiger partial charge in [0.25, 0.3) is 0 Å². The van der Waals surface area contributed by atoms with E-state index in [0.29, 0.717) is 48.1 Å². The number of hydrogen-bond acceptors (Lipinski definition) is 18. The number of alkyl carbamates (subject to hydrolysis) is 1. The van der Waals surface area contributed by atoms with E-state index < -0.39 is 115 Å². The summed E-state index contributed by atoms with van der Waals surface area (Å²) in [7, 11) is 4.98. The zero-order chi connectivity index (χ0) is 62.8. The molecule has 3 aromatic carbocycles. The first kappa shape index (κ1) is 70.4. The molecule has 8 amide bonds. The van der Waals surface area contributed by atoms with Gasteiger partial charge in [-0.05, 0) is 89.6 Å². The number of fused-ring (bicyclic) bond motifs is 1. The molecule has 86 heavy (non-hydrogen) atoms. The van der Waals surface area contributed by atoms with Crippen LogP contribution in [0.3, 0.4) is 0 Å². The maximum atomic E-state index is 15.0. The van der Waals surface area contributed by atoms with Gasteiger partial charge in [0.15, 0.2) is 0 Å². The number of aromatic amines is 1. The van der Waals surface area contributed by atoms with E-state index in [0.717, 1.165) is 32.5 Å². The smallest absolute Gasteiger partial charge is 0.407 e. The first-order valence-corrected chi connectivity index (χ1v) is 33.3. The summed E-state index contributed by atoms with van der Waals surface area (Å²) in [4.78, 5) is 130. The molecule has 0 bridgehead atoms. The highest BCUT2D eigenvalue weighted by Gasteiger charge is 2.37. The van der Waals surface area contributed by atoms with Gasteiger partial charge in [-0.2, -0.15) is 0 Å². The molecule has 1 aliphatic rings. The first-order valence-electron chi connectivity index (χ1n) is 28.5. The SMILES string of the molecule is CC(=O)CCC(C)(C)SSCCOC(=O)N[C@H](Cc1ccccc1)C(=O)N[C@H]1CSSC[C@@H](C(=O)N[C@H](CO)[C@@H](C)O)NC(=O)C([C@@H](C)O)NC(=O)[C@H](CCCCN)NC(=O)[C@@H](Cc2c[nH]c3ccccc23)NC(=O)[C@H](Cc2ccccc2)NC1=O. The van der Waals surface area contributed by atoms with Crippen LogP contribution in [-0.4, -0.2) is 176 Å². The third kappa shape index (κ3) is 23.7. The summed E-state index contributed by atoms with van der Waals surface area (Å²) in [5, 5.41) is 53.6. The summed E-state index contributed by atoms with van der Waals surface area (Å²) < 4.78 is 5.30. The second-order valence-electron chi connectivity index (χ2n) is 21.6. The van der Waals surface area contributed by atoms with E-state index in [1.165, 1.54) is 24.6 Å². The number of H-pyrrole nitrogens is 1. The standard InChI is InChI=1S/C59H82N10O13S4/c1-35(71)23-24-59(4,5)86-83-27-26-82-58(81)68-45(29-39-18-10-7-11-19-39)53(76)66-48-33-84-85-34-49(56(79)65-47(32-70)36(2)72)67-57(80)50(37(3)73)69-51(74)43(22-14-15-25-60)62-54(77)46(30-40-31-61-42-21-13-12-20-41(40)42)64-52(75)44(63-55(48)78)28-38-16-8-6-9-17-38/h6-13,16-21,31,36-37,43-50,61,70,72-73H,14-15,22-30,32-34,60H2,1-5H3,(H,62,77)(H,63,78)(H,64,75)(H,65,79)(H,66,76)(H,67,80)(H,68,81)(H,69,74)/t36-,37-,43+,44+,45-,46-,47-,48+,49+,50?/m1/s1. The number of ketones is 1. The molecule has 1 saturated heterocycles. The second kappa shape index (κ2) is 36.1. The van der Waals surface area contributed by atoms with E-state index in [1.807, 2.05) is 38.1 Å². The largest absolute Gasteiger partial charge is 0.449 e. The van der Waals surface area contributed by atoms with E-state index in [4.69, 9.17) is 10.5 Å². The first-order chi connectivity index (χ1) is 41.1. The number of hydrogen-bond donors (Lipinski definition) is 13. The number of benzene rings is 3. The van der Waals surface area contributed by atoms with Crippen molar-refractivity contribution in [3.63, 3.8) is 0 Å².